The minimum atomic E-state index is -1.10. The number of aromatic nitrogens is 3. The highest BCUT2D eigenvalue weighted by atomic mass is 16.4. The molecule has 2 heterocycles. The van der Waals surface area contributed by atoms with Crippen LogP contribution in [0.15, 0.2) is 35.3 Å². The Kier molecular flexibility index (Phi) is 2.00. The Bertz CT molecular complexity index is 845. The molecule has 0 fully saturated rings. The van der Waals surface area contributed by atoms with Gasteiger partial charge in [0.1, 0.15) is 5.56 Å². The van der Waals surface area contributed by atoms with Crippen LogP contribution < -0.4 is 5.56 Å². The van der Waals surface area contributed by atoms with E-state index in [1.54, 1.807) is 24.3 Å². The monoisotopic (exact) mass is 243 g/mol. The van der Waals surface area contributed by atoms with E-state index in [1.165, 1.54) is 22.3 Å². The Morgan fingerprint density at radius 1 is 1.33 bits per heavy atom. The maximum absolute atomic E-state index is 12.1. The van der Waals surface area contributed by atoms with Gasteiger partial charge in [-0.25, -0.2) is 9.31 Å². The Labute approximate surface area is 101 Å². The lowest BCUT2D eigenvalue weighted by Gasteiger charge is -2.06. The van der Waals surface area contributed by atoms with Crippen LogP contribution in [0.5, 0.6) is 0 Å². The van der Waals surface area contributed by atoms with Crippen LogP contribution in [0.3, 0.4) is 0 Å². The molecule has 3 aromatic rings. The van der Waals surface area contributed by atoms with Gasteiger partial charge in [-0.05, 0) is 12.1 Å². The van der Waals surface area contributed by atoms with Gasteiger partial charge in [0, 0.05) is 7.05 Å². The van der Waals surface area contributed by atoms with E-state index in [0.29, 0.717) is 10.9 Å². The summed E-state index contributed by atoms with van der Waals surface area (Å²) in [7, 11) is 1.54. The SMILES string of the molecule is Cn1c(=O)c2ccccc2n2ncc(C(=O)O)c12. The summed E-state index contributed by atoms with van der Waals surface area (Å²) in [5.74, 6) is -1.10. The fraction of sp³-hybridized carbons (Fsp3) is 0.0833. The summed E-state index contributed by atoms with van der Waals surface area (Å²) in [4.78, 5) is 23.3. The summed E-state index contributed by atoms with van der Waals surface area (Å²) in [5, 5.41) is 13.6. The highest BCUT2D eigenvalue weighted by molar-refractivity contribution is 5.95. The second kappa shape index (κ2) is 3.43. The number of carboxylic acids is 1. The van der Waals surface area contributed by atoms with E-state index in [4.69, 9.17) is 5.11 Å². The number of aromatic carboxylic acids is 1. The number of carbonyl (C=O) groups is 1. The molecule has 0 aliphatic heterocycles. The molecule has 2 aromatic heterocycles. The van der Waals surface area contributed by atoms with E-state index < -0.39 is 5.97 Å². The van der Waals surface area contributed by atoms with Gasteiger partial charge in [0.25, 0.3) is 5.56 Å². The molecule has 0 atom stereocenters. The minimum absolute atomic E-state index is 0.0142. The van der Waals surface area contributed by atoms with Crippen LogP contribution in [-0.4, -0.2) is 25.3 Å². The fourth-order valence-corrected chi connectivity index (χ4v) is 2.11. The van der Waals surface area contributed by atoms with Gasteiger partial charge in [0.05, 0.1) is 17.1 Å². The van der Waals surface area contributed by atoms with Crippen LogP contribution in [0.25, 0.3) is 16.6 Å². The number of hydrogen-bond acceptors (Lipinski definition) is 3. The smallest absolute Gasteiger partial charge is 0.341 e. The van der Waals surface area contributed by atoms with Gasteiger partial charge in [0.2, 0.25) is 0 Å². The minimum Gasteiger partial charge on any atom is -0.477 e. The summed E-state index contributed by atoms with van der Waals surface area (Å²) in [6, 6.07) is 6.97. The van der Waals surface area contributed by atoms with Crippen LogP contribution in [0.2, 0.25) is 0 Å². The Balaban J connectivity index is 2.66. The van der Waals surface area contributed by atoms with Gasteiger partial charge in [-0.15, -0.1) is 0 Å². The maximum Gasteiger partial charge on any atom is 0.341 e. The molecule has 0 spiro atoms. The number of nitrogens with zero attached hydrogens (tertiary/aromatic N) is 3. The van der Waals surface area contributed by atoms with Crippen molar-refractivity contribution in [3.05, 3.63) is 46.4 Å². The van der Waals surface area contributed by atoms with E-state index in [1.807, 2.05) is 0 Å². The Morgan fingerprint density at radius 2 is 2.06 bits per heavy atom. The molecule has 0 saturated heterocycles. The van der Waals surface area contributed by atoms with Crippen LogP contribution in [0, 0.1) is 0 Å². The molecule has 1 aromatic carbocycles. The third kappa shape index (κ3) is 1.20. The summed E-state index contributed by atoms with van der Waals surface area (Å²) in [5.41, 5.74) is 0.663. The molecular formula is C12H9N3O3. The van der Waals surface area contributed by atoms with E-state index in [0.717, 1.165) is 0 Å². The maximum atomic E-state index is 12.1. The van der Waals surface area contributed by atoms with Crippen molar-refractivity contribution in [3.63, 3.8) is 0 Å². The highest BCUT2D eigenvalue weighted by Crippen LogP contribution is 2.15. The third-order valence-corrected chi connectivity index (χ3v) is 2.96. The normalized spacial score (nSPS) is 11.2. The number of hydrogen-bond donors (Lipinski definition) is 1. The van der Waals surface area contributed by atoms with E-state index in [2.05, 4.69) is 5.10 Å². The number of carboxylic acid groups (broad SMARTS) is 1. The van der Waals surface area contributed by atoms with Crippen molar-refractivity contribution in [1.82, 2.24) is 14.2 Å². The largest absolute Gasteiger partial charge is 0.477 e. The lowest BCUT2D eigenvalue weighted by molar-refractivity contribution is 0.0698. The Morgan fingerprint density at radius 3 is 2.78 bits per heavy atom. The van der Waals surface area contributed by atoms with Crippen LogP contribution >= 0.6 is 0 Å². The standard InChI is InChI=1S/C12H9N3O3/c1-14-10-8(12(17)18)6-13-15(10)9-5-3-2-4-7(9)11(14)16/h2-6H,1H3,(H,17,18). The quantitative estimate of drug-likeness (QED) is 0.688. The molecule has 0 unspecified atom stereocenters. The van der Waals surface area contributed by atoms with Crippen molar-refractivity contribution in [3.8, 4) is 0 Å². The molecule has 6 nitrogen and oxygen atoms in total. The van der Waals surface area contributed by atoms with Crippen LogP contribution in [-0.2, 0) is 7.05 Å². The summed E-state index contributed by atoms with van der Waals surface area (Å²) in [6.45, 7) is 0. The van der Waals surface area contributed by atoms with Crippen LogP contribution in [0.1, 0.15) is 10.4 Å². The van der Waals surface area contributed by atoms with E-state index >= 15 is 0 Å². The van der Waals surface area contributed by atoms with Gasteiger partial charge in [-0.1, -0.05) is 12.1 Å². The van der Waals surface area contributed by atoms with Crippen molar-refractivity contribution in [2.75, 3.05) is 0 Å². The third-order valence-electron chi connectivity index (χ3n) is 2.96. The van der Waals surface area contributed by atoms with Gasteiger partial charge >= 0.3 is 5.97 Å². The van der Waals surface area contributed by atoms with Crippen molar-refractivity contribution >= 4 is 22.5 Å². The van der Waals surface area contributed by atoms with Gasteiger partial charge < -0.3 is 5.11 Å². The number of rotatable bonds is 1. The molecule has 1 N–H and O–H groups in total. The van der Waals surface area contributed by atoms with Gasteiger partial charge in [-0.3, -0.25) is 9.36 Å². The molecule has 6 heteroatoms. The first kappa shape index (κ1) is 10.5. The average molecular weight is 243 g/mol. The van der Waals surface area contributed by atoms with Crippen molar-refractivity contribution < 1.29 is 9.90 Å². The van der Waals surface area contributed by atoms with Gasteiger partial charge in [0.15, 0.2) is 5.65 Å². The Hall–Kier alpha value is -2.63. The zero-order chi connectivity index (χ0) is 12.9. The van der Waals surface area contributed by atoms with E-state index in [-0.39, 0.29) is 16.8 Å². The van der Waals surface area contributed by atoms with Crippen molar-refractivity contribution in [2.24, 2.45) is 7.05 Å². The second-order valence-electron chi connectivity index (χ2n) is 3.98. The lowest BCUT2D eigenvalue weighted by Crippen LogP contribution is -2.21. The summed E-state index contributed by atoms with van der Waals surface area (Å²) in [6.07, 6.45) is 1.25. The lowest BCUT2D eigenvalue weighted by atomic mass is 10.2. The molecule has 90 valence electrons. The molecular weight excluding hydrogens is 234 g/mol. The summed E-state index contributed by atoms with van der Waals surface area (Å²) >= 11 is 0. The average Bonchev–Trinajstić information content (AvgIpc) is 2.81. The number of fused-ring (bicyclic) bond motifs is 3. The molecule has 0 amide bonds. The molecule has 3 rings (SSSR count). The zero-order valence-corrected chi connectivity index (χ0v) is 9.49. The van der Waals surface area contributed by atoms with Gasteiger partial charge in [-0.2, -0.15) is 5.10 Å². The zero-order valence-electron chi connectivity index (χ0n) is 9.49. The molecule has 0 aliphatic carbocycles. The van der Waals surface area contributed by atoms with Crippen molar-refractivity contribution in [2.45, 2.75) is 0 Å². The molecule has 0 bridgehead atoms. The predicted molar refractivity (Wildman–Crippen MR) is 64.9 cm³/mol. The first-order valence-electron chi connectivity index (χ1n) is 5.30. The molecule has 18 heavy (non-hydrogen) atoms. The number of para-hydroxylation sites is 1. The van der Waals surface area contributed by atoms with E-state index in [9.17, 15) is 9.59 Å². The first-order chi connectivity index (χ1) is 8.61. The molecule has 0 saturated carbocycles. The summed E-state index contributed by atoms with van der Waals surface area (Å²) < 4.78 is 2.78. The topological polar surface area (TPSA) is 76.6 Å². The van der Waals surface area contributed by atoms with Crippen molar-refractivity contribution in [1.29, 1.82) is 0 Å². The second-order valence-corrected chi connectivity index (χ2v) is 3.98. The highest BCUT2D eigenvalue weighted by Gasteiger charge is 2.17. The predicted octanol–water partition coefficient (Wildman–Crippen LogP) is 0.884. The van der Waals surface area contributed by atoms with Crippen LogP contribution in [0.4, 0.5) is 0 Å². The first-order valence-corrected chi connectivity index (χ1v) is 5.30. The molecule has 0 aliphatic rings. The number of aryl methyl sites for hydroxylation is 1. The fourth-order valence-electron chi connectivity index (χ4n) is 2.11. The molecule has 0 radical (unpaired) electrons. The number of benzene rings is 1.